The van der Waals surface area contributed by atoms with Gasteiger partial charge in [-0.2, -0.15) is 4.98 Å². The van der Waals surface area contributed by atoms with E-state index in [-0.39, 0.29) is 18.1 Å². The lowest BCUT2D eigenvalue weighted by Gasteiger charge is -2.30. The predicted molar refractivity (Wildman–Crippen MR) is 96.4 cm³/mol. The molecule has 0 bridgehead atoms. The molecule has 1 aliphatic rings. The Kier molecular flexibility index (Phi) is 5.02. The van der Waals surface area contributed by atoms with Crippen molar-refractivity contribution in [2.45, 2.75) is 70.9 Å². The zero-order valence-corrected chi connectivity index (χ0v) is 16.1. The Balaban J connectivity index is 1.76. The molecule has 1 fully saturated rings. The highest BCUT2D eigenvalue weighted by Gasteiger charge is 2.29. The van der Waals surface area contributed by atoms with Crippen LogP contribution in [0.2, 0.25) is 0 Å². The van der Waals surface area contributed by atoms with Gasteiger partial charge in [-0.25, -0.2) is 4.79 Å². The molecule has 0 unspecified atom stereocenters. The molecule has 0 saturated heterocycles. The lowest BCUT2D eigenvalue weighted by atomic mass is 9.85. The fraction of sp³-hybridized carbons (Fsp3) is 0.667. The predicted octanol–water partition coefficient (Wildman–Crippen LogP) is 2.99. The topological polar surface area (TPSA) is 90.6 Å². The Morgan fingerprint density at radius 3 is 2.77 bits per heavy atom. The molecule has 8 heteroatoms. The minimum atomic E-state index is -0.497. The van der Waals surface area contributed by atoms with Crippen molar-refractivity contribution >= 4 is 11.9 Å². The number of hydrogen-bond donors (Lipinski definition) is 1. The number of carbonyl (C=O) groups is 1. The minimum Gasteiger partial charge on any atom is -0.481 e. The van der Waals surface area contributed by atoms with Gasteiger partial charge in [-0.05, 0) is 47.0 Å². The van der Waals surface area contributed by atoms with Crippen LogP contribution in [0.25, 0.3) is 5.78 Å². The van der Waals surface area contributed by atoms with Gasteiger partial charge in [-0.3, -0.25) is 4.40 Å². The Morgan fingerprint density at radius 1 is 1.31 bits per heavy atom. The van der Waals surface area contributed by atoms with Gasteiger partial charge in [0.1, 0.15) is 11.4 Å². The van der Waals surface area contributed by atoms with E-state index in [9.17, 15) is 4.79 Å². The number of nitrogens with one attached hydrogen (secondary N) is 1. The number of rotatable bonds is 3. The van der Waals surface area contributed by atoms with Crippen molar-refractivity contribution in [3.63, 3.8) is 0 Å². The maximum absolute atomic E-state index is 12.1. The summed E-state index contributed by atoms with van der Waals surface area (Å²) in [5.74, 6) is 2.18. The summed E-state index contributed by atoms with van der Waals surface area (Å²) in [5, 5.41) is 11.6. The zero-order valence-electron chi connectivity index (χ0n) is 16.1. The van der Waals surface area contributed by atoms with Crippen LogP contribution in [0.5, 0.6) is 5.88 Å². The Labute approximate surface area is 153 Å². The first-order valence-corrected chi connectivity index (χ1v) is 9.03. The molecular weight excluding hydrogens is 334 g/mol. The second kappa shape index (κ2) is 7.09. The minimum absolute atomic E-state index is 0.0717. The highest BCUT2D eigenvalue weighted by molar-refractivity contribution is 5.68. The molecule has 0 aromatic carbocycles. The lowest BCUT2D eigenvalue weighted by Crippen LogP contribution is -2.41. The monoisotopic (exact) mass is 361 g/mol. The van der Waals surface area contributed by atoms with Gasteiger partial charge < -0.3 is 14.8 Å². The first kappa shape index (κ1) is 18.4. The van der Waals surface area contributed by atoms with Gasteiger partial charge in [0.15, 0.2) is 0 Å². The van der Waals surface area contributed by atoms with Gasteiger partial charge in [0, 0.05) is 23.7 Å². The average molecular weight is 361 g/mol. The van der Waals surface area contributed by atoms with Crippen molar-refractivity contribution in [2.24, 2.45) is 0 Å². The van der Waals surface area contributed by atoms with E-state index >= 15 is 0 Å². The van der Waals surface area contributed by atoms with E-state index < -0.39 is 5.60 Å². The SMILES string of the molecule is COc1cc(C)n2c([C@H]3CCC[C@@H](NC(=O)OC(C)(C)C)C3)nnc2n1. The molecule has 2 aromatic heterocycles. The number of hydrogen-bond acceptors (Lipinski definition) is 6. The van der Waals surface area contributed by atoms with Crippen LogP contribution in [-0.2, 0) is 4.74 Å². The maximum Gasteiger partial charge on any atom is 0.407 e. The van der Waals surface area contributed by atoms with Gasteiger partial charge in [0.05, 0.1) is 7.11 Å². The van der Waals surface area contributed by atoms with Crippen LogP contribution < -0.4 is 10.1 Å². The number of amides is 1. The van der Waals surface area contributed by atoms with E-state index in [1.54, 1.807) is 7.11 Å². The summed E-state index contributed by atoms with van der Waals surface area (Å²) in [4.78, 5) is 16.4. The molecule has 1 amide bonds. The smallest absolute Gasteiger partial charge is 0.407 e. The summed E-state index contributed by atoms with van der Waals surface area (Å²) in [6.07, 6.45) is 3.42. The normalized spacial score (nSPS) is 20.8. The van der Waals surface area contributed by atoms with Crippen LogP contribution in [0.4, 0.5) is 4.79 Å². The second-order valence-corrected chi connectivity index (χ2v) is 7.84. The lowest BCUT2D eigenvalue weighted by molar-refractivity contribution is 0.0490. The molecule has 0 aliphatic heterocycles. The molecule has 0 spiro atoms. The molecule has 2 aromatic rings. The molecule has 142 valence electrons. The van der Waals surface area contributed by atoms with Crippen molar-refractivity contribution < 1.29 is 14.3 Å². The van der Waals surface area contributed by atoms with Gasteiger partial charge in [0.25, 0.3) is 5.78 Å². The Bertz CT molecular complexity index is 796. The van der Waals surface area contributed by atoms with Gasteiger partial charge in [-0.15, -0.1) is 10.2 Å². The molecule has 1 aliphatic carbocycles. The second-order valence-electron chi connectivity index (χ2n) is 7.84. The number of ether oxygens (including phenoxy) is 2. The third-order valence-corrected chi connectivity index (χ3v) is 4.54. The van der Waals surface area contributed by atoms with Crippen molar-refractivity contribution in [2.75, 3.05) is 7.11 Å². The summed E-state index contributed by atoms with van der Waals surface area (Å²) in [6.45, 7) is 7.58. The van der Waals surface area contributed by atoms with E-state index in [1.165, 1.54) is 0 Å². The first-order chi connectivity index (χ1) is 12.3. The largest absolute Gasteiger partial charge is 0.481 e. The first-order valence-electron chi connectivity index (χ1n) is 9.03. The summed E-state index contributed by atoms with van der Waals surface area (Å²) in [5.41, 5.74) is 0.484. The van der Waals surface area contributed by atoms with Crippen molar-refractivity contribution in [3.05, 3.63) is 17.6 Å². The van der Waals surface area contributed by atoms with Gasteiger partial charge in [-0.1, -0.05) is 6.42 Å². The van der Waals surface area contributed by atoms with Crippen LogP contribution in [0, 0.1) is 6.92 Å². The van der Waals surface area contributed by atoms with Crippen molar-refractivity contribution in [1.29, 1.82) is 0 Å². The summed E-state index contributed by atoms with van der Waals surface area (Å²) in [6, 6.07) is 1.95. The van der Waals surface area contributed by atoms with Crippen LogP contribution in [-0.4, -0.2) is 44.4 Å². The van der Waals surface area contributed by atoms with E-state index in [1.807, 2.05) is 38.2 Å². The molecule has 0 radical (unpaired) electrons. The number of alkyl carbamates (subject to hydrolysis) is 1. The van der Waals surface area contributed by atoms with E-state index in [0.29, 0.717) is 11.7 Å². The highest BCUT2D eigenvalue weighted by atomic mass is 16.6. The summed E-state index contributed by atoms with van der Waals surface area (Å²) in [7, 11) is 1.59. The van der Waals surface area contributed by atoms with Crippen LogP contribution in [0.3, 0.4) is 0 Å². The van der Waals surface area contributed by atoms with Gasteiger partial charge >= 0.3 is 6.09 Å². The Hall–Kier alpha value is -2.38. The molecular formula is C18H27N5O3. The van der Waals surface area contributed by atoms with Crippen molar-refractivity contribution in [1.82, 2.24) is 24.9 Å². The highest BCUT2D eigenvalue weighted by Crippen LogP contribution is 2.33. The van der Waals surface area contributed by atoms with Gasteiger partial charge in [0.2, 0.25) is 5.88 Å². The van der Waals surface area contributed by atoms with Crippen LogP contribution in [0.15, 0.2) is 6.07 Å². The number of aryl methyl sites for hydroxylation is 1. The molecule has 2 heterocycles. The molecule has 3 rings (SSSR count). The molecule has 1 N–H and O–H groups in total. The number of aromatic nitrogens is 4. The Morgan fingerprint density at radius 2 is 2.08 bits per heavy atom. The summed E-state index contributed by atoms with van der Waals surface area (Å²) >= 11 is 0. The number of methoxy groups -OCH3 is 1. The fourth-order valence-electron chi connectivity index (χ4n) is 3.47. The molecule has 26 heavy (non-hydrogen) atoms. The van der Waals surface area contributed by atoms with E-state index in [4.69, 9.17) is 9.47 Å². The third-order valence-electron chi connectivity index (χ3n) is 4.54. The molecule has 2 atom stereocenters. The van der Waals surface area contributed by atoms with Crippen LogP contribution in [0.1, 0.15) is 63.9 Å². The third kappa shape index (κ3) is 4.05. The summed E-state index contributed by atoms with van der Waals surface area (Å²) < 4.78 is 12.6. The quantitative estimate of drug-likeness (QED) is 0.904. The average Bonchev–Trinajstić information content (AvgIpc) is 2.97. The van der Waals surface area contributed by atoms with Crippen LogP contribution >= 0.6 is 0 Å². The van der Waals surface area contributed by atoms with Crippen molar-refractivity contribution in [3.8, 4) is 5.88 Å². The maximum atomic E-state index is 12.1. The zero-order chi connectivity index (χ0) is 18.9. The molecule has 8 nitrogen and oxygen atoms in total. The number of nitrogens with zero attached hydrogens (tertiary/aromatic N) is 4. The van der Waals surface area contributed by atoms with E-state index in [0.717, 1.165) is 37.2 Å². The number of fused-ring (bicyclic) bond motifs is 1. The molecule has 1 saturated carbocycles. The van der Waals surface area contributed by atoms with E-state index in [2.05, 4.69) is 20.5 Å². The standard InChI is InChI=1S/C18H27N5O3/c1-11-9-14(25-5)20-16-22-21-15(23(11)16)12-7-6-8-13(10-12)19-17(24)26-18(2,3)4/h9,12-13H,6-8,10H2,1-5H3,(H,19,24)/t12-,13+/m0/s1. The fourth-order valence-corrected chi connectivity index (χ4v) is 3.47. The number of carbonyl (C=O) groups excluding carboxylic acids is 1.